The molecular formula is C20H21ClN4O4. The van der Waals surface area contributed by atoms with E-state index < -0.39 is 6.03 Å². The van der Waals surface area contributed by atoms with Crippen LogP contribution in [0.4, 0.5) is 16.2 Å². The van der Waals surface area contributed by atoms with Crippen molar-refractivity contribution in [3.63, 3.8) is 0 Å². The molecule has 2 aromatic rings. The molecule has 0 radical (unpaired) electrons. The van der Waals surface area contributed by atoms with E-state index in [4.69, 9.17) is 21.1 Å². The first-order valence-electron chi connectivity index (χ1n) is 9.30. The number of fused-ring (bicyclic) bond motifs is 1. The number of ether oxygens (including phenoxy) is 2. The van der Waals surface area contributed by atoms with Gasteiger partial charge in [-0.25, -0.2) is 4.79 Å². The van der Waals surface area contributed by atoms with Crippen molar-refractivity contribution < 1.29 is 19.1 Å². The van der Waals surface area contributed by atoms with Gasteiger partial charge in [-0.05, 0) is 30.3 Å². The predicted molar refractivity (Wildman–Crippen MR) is 110 cm³/mol. The second-order valence-electron chi connectivity index (χ2n) is 6.81. The van der Waals surface area contributed by atoms with Crippen LogP contribution in [-0.4, -0.2) is 56.4 Å². The molecule has 2 aliphatic heterocycles. The highest BCUT2D eigenvalue weighted by Crippen LogP contribution is 2.34. The van der Waals surface area contributed by atoms with E-state index in [9.17, 15) is 9.59 Å². The quantitative estimate of drug-likeness (QED) is 0.797. The van der Waals surface area contributed by atoms with Gasteiger partial charge in [0.25, 0.3) is 0 Å². The van der Waals surface area contributed by atoms with E-state index in [0.29, 0.717) is 22.2 Å². The zero-order chi connectivity index (χ0) is 20.2. The molecule has 3 amide bonds. The molecule has 0 aliphatic carbocycles. The molecule has 1 saturated heterocycles. The van der Waals surface area contributed by atoms with E-state index in [1.54, 1.807) is 18.2 Å². The molecule has 0 aromatic heterocycles. The largest absolute Gasteiger partial charge is 0.454 e. The number of hydrogen-bond acceptors (Lipinski definition) is 6. The molecule has 1 fully saturated rings. The van der Waals surface area contributed by atoms with Gasteiger partial charge in [-0.2, -0.15) is 0 Å². The number of amides is 3. The summed E-state index contributed by atoms with van der Waals surface area (Å²) in [7, 11) is 0. The van der Waals surface area contributed by atoms with Crippen molar-refractivity contribution >= 4 is 34.9 Å². The number of halogens is 1. The highest BCUT2D eigenvalue weighted by atomic mass is 35.5. The molecule has 8 nitrogen and oxygen atoms in total. The van der Waals surface area contributed by atoms with E-state index >= 15 is 0 Å². The van der Waals surface area contributed by atoms with Gasteiger partial charge in [-0.15, -0.1) is 0 Å². The van der Waals surface area contributed by atoms with Crippen LogP contribution in [-0.2, 0) is 4.79 Å². The van der Waals surface area contributed by atoms with Gasteiger partial charge in [0.05, 0.1) is 6.54 Å². The smallest absolute Gasteiger partial charge is 0.325 e. The molecule has 2 N–H and O–H groups in total. The van der Waals surface area contributed by atoms with Crippen LogP contribution < -0.4 is 25.0 Å². The van der Waals surface area contributed by atoms with Gasteiger partial charge in [0.15, 0.2) is 11.5 Å². The molecule has 9 heteroatoms. The lowest BCUT2D eigenvalue weighted by molar-refractivity contribution is -0.121. The second kappa shape index (κ2) is 8.59. The Bertz CT molecular complexity index is 915. The lowest BCUT2D eigenvalue weighted by Gasteiger charge is -2.35. The minimum atomic E-state index is -0.577. The molecule has 0 bridgehead atoms. The van der Waals surface area contributed by atoms with Gasteiger partial charge in [-0.1, -0.05) is 17.7 Å². The second-order valence-corrected chi connectivity index (χ2v) is 7.25. The minimum absolute atomic E-state index is 0.161. The van der Waals surface area contributed by atoms with E-state index in [2.05, 4.69) is 15.5 Å². The van der Waals surface area contributed by atoms with E-state index in [-0.39, 0.29) is 19.2 Å². The van der Waals surface area contributed by atoms with Gasteiger partial charge < -0.3 is 19.7 Å². The molecule has 2 heterocycles. The van der Waals surface area contributed by atoms with Gasteiger partial charge in [0, 0.05) is 48.6 Å². The zero-order valence-electron chi connectivity index (χ0n) is 15.7. The number of piperazine rings is 1. The van der Waals surface area contributed by atoms with Crippen LogP contribution in [0.3, 0.4) is 0 Å². The first-order valence-corrected chi connectivity index (χ1v) is 9.68. The average molecular weight is 417 g/mol. The normalized spacial score (nSPS) is 15.8. The number of benzene rings is 2. The lowest BCUT2D eigenvalue weighted by atomic mass is 10.2. The van der Waals surface area contributed by atoms with Crippen LogP contribution >= 0.6 is 11.6 Å². The summed E-state index contributed by atoms with van der Waals surface area (Å²) in [5.74, 6) is 0.843. The van der Waals surface area contributed by atoms with Crippen LogP contribution in [0.5, 0.6) is 11.5 Å². The number of imide groups is 1. The van der Waals surface area contributed by atoms with Crippen LogP contribution in [0.25, 0.3) is 0 Å². The third-order valence-electron chi connectivity index (χ3n) is 4.80. The molecule has 152 valence electrons. The van der Waals surface area contributed by atoms with Gasteiger partial charge in [0.2, 0.25) is 12.7 Å². The van der Waals surface area contributed by atoms with Crippen molar-refractivity contribution in [1.82, 2.24) is 10.2 Å². The number of nitrogens with one attached hydrogen (secondary N) is 2. The Morgan fingerprint density at radius 3 is 2.59 bits per heavy atom. The predicted octanol–water partition coefficient (Wildman–Crippen LogP) is 2.54. The Labute approximate surface area is 173 Å². The van der Waals surface area contributed by atoms with Crippen LogP contribution in [0.15, 0.2) is 42.5 Å². The fourth-order valence-corrected chi connectivity index (χ4v) is 3.53. The molecule has 0 unspecified atom stereocenters. The number of anilines is 2. The van der Waals surface area contributed by atoms with Crippen LogP contribution in [0.1, 0.15) is 0 Å². The summed E-state index contributed by atoms with van der Waals surface area (Å²) in [4.78, 5) is 28.5. The number of urea groups is 1. The Balaban J connectivity index is 1.22. The maximum absolute atomic E-state index is 12.2. The highest BCUT2D eigenvalue weighted by Gasteiger charge is 2.20. The molecule has 0 spiro atoms. The molecular weight excluding hydrogens is 396 g/mol. The number of carbonyl (C=O) groups is 2. The summed E-state index contributed by atoms with van der Waals surface area (Å²) in [5.41, 5.74) is 1.60. The standard InChI is InChI=1S/C20H21ClN4O4/c21-14-2-1-3-16(10-14)25-8-6-24(7-9-25)12-19(26)23-20(27)22-15-4-5-17-18(11-15)29-13-28-17/h1-5,10-11H,6-9,12-13H2,(H2,22,23,26,27). The molecule has 29 heavy (non-hydrogen) atoms. The highest BCUT2D eigenvalue weighted by molar-refractivity contribution is 6.30. The molecule has 4 rings (SSSR count). The molecule has 0 atom stereocenters. The molecule has 0 saturated carbocycles. The number of rotatable bonds is 4. The van der Waals surface area contributed by atoms with Crippen molar-refractivity contribution in [2.45, 2.75) is 0 Å². The van der Waals surface area contributed by atoms with E-state index in [0.717, 1.165) is 31.9 Å². The maximum Gasteiger partial charge on any atom is 0.325 e. The van der Waals surface area contributed by atoms with Crippen LogP contribution in [0.2, 0.25) is 5.02 Å². The van der Waals surface area contributed by atoms with E-state index in [1.165, 1.54) is 0 Å². The Hall–Kier alpha value is -2.97. The van der Waals surface area contributed by atoms with Gasteiger partial charge in [-0.3, -0.25) is 15.0 Å². The summed E-state index contributed by atoms with van der Waals surface area (Å²) in [6.07, 6.45) is 0. The minimum Gasteiger partial charge on any atom is -0.454 e. The van der Waals surface area contributed by atoms with Gasteiger partial charge in [0.1, 0.15) is 0 Å². The fourth-order valence-electron chi connectivity index (χ4n) is 3.34. The lowest BCUT2D eigenvalue weighted by Crippen LogP contribution is -2.50. The number of nitrogens with zero attached hydrogens (tertiary/aromatic N) is 2. The number of carbonyl (C=O) groups excluding carboxylic acids is 2. The Morgan fingerprint density at radius 1 is 1.00 bits per heavy atom. The van der Waals surface area contributed by atoms with Gasteiger partial charge >= 0.3 is 6.03 Å². The SMILES string of the molecule is O=C(CN1CCN(c2cccc(Cl)c2)CC1)NC(=O)Nc1ccc2c(c1)OCO2. The zero-order valence-corrected chi connectivity index (χ0v) is 16.4. The summed E-state index contributed by atoms with van der Waals surface area (Å²) >= 11 is 6.05. The van der Waals surface area contributed by atoms with Crippen LogP contribution in [0, 0.1) is 0 Å². The third kappa shape index (κ3) is 4.90. The Kier molecular flexibility index (Phi) is 5.73. The summed E-state index contributed by atoms with van der Waals surface area (Å²) in [6.45, 7) is 3.35. The summed E-state index contributed by atoms with van der Waals surface area (Å²) < 4.78 is 10.5. The van der Waals surface area contributed by atoms with Crippen molar-refractivity contribution in [2.24, 2.45) is 0 Å². The van der Waals surface area contributed by atoms with E-state index in [1.807, 2.05) is 29.2 Å². The number of hydrogen-bond donors (Lipinski definition) is 2. The van der Waals surface area contributed by atoms with Crippen molar-refractivity contribution in [2.75, 3.05) is 49.7 Å². The first kappa shape index (κ1) is 19.4. The summed E-state index contributed by atoms with van der Waals surface area (Å²) in [6, 6.07) is 12.2. The topological polar surface area (TPSA) is 83.1 Å². The fraction of sp³-hybridized carbons (Fsp3) is 0.300. The monoisotopic (exact) mass is 416 g/mol. The first-order chi connectivity index (χ1) is 14.1. The Morgan fingerprint density at radius 2 is 1.79 bits per heavy atom. The molecule has 2 aliphatic rings. The van der Waals surface area contributed by atoms with Crippen molar-refractivity contribution in [3.05, 3.63) is 47.5 Å². The van der Waals surface area contributed by atoms with Crippen molar-refractivity contribution in [1.29, 1.82) is 0 Å². The maximum atomic E-state index is 12.2. The molecule has 2 aromatic carbocycles. The summed E-state index contributed by atoms with van der Waals surface area (Å²) in [5, 5.41) is 5.69. The third-order valence-corrected chi connectivity index (χ3v) is 5.03. The average Bonchev–Trinajstić information content (AvgIpc) is 3.16. The van der Waals surface area contributed by atoms with Crippen molar-refractivity contribution in [3.8, 4) is 11.5 Å².